The highest BCUT2D eigenvalue weighted by molar-refractivity contribution is 6.11. The Labute approximate surface area is 210 Å². The second-order valence-corrected chi connectivity index (χ2v) is 8.34. The lowest BCUT2D eigenvalue weighted by molar-refractivity contribution is 0.0979. The summed E-state index contributed by atoms with van der Waals surface area (Å²) in [6.07, 6.45) is 5.95. The van der Waals surface area contributed by atoms with Gasteiger partial charge in [-0.05, 0) is 30.2 Å². The number of Topliss-reactive ketones (excluding diaryl/α,β-unsaturated/α-hetero) is 1. The van der Waals surface area contributed by atoms with Crippen LogP contribution in [0.15, 0.2) is 42.7 Å². The molecule has 0 fully saturated rings. The molecule has 4 aromatic rings. The third-order valence-electron chi connectivity index (χ3n) is 6.16. The second kappa shape index (κ2) is 11.1. The molecular weight excluding hydrogens is 458 g/mol. The number of ketones is 1. The fraction of sp³-hybridized carbons (Fsp3) is 0.321. The molecule has 0 aliphatic rings. The third-order valence-corrected chi connectivity index (χ3v) is 6.16. The number of aromatic nitrogens is 3. The van der Waals surface area contributed by atoms with Gasteiger partial charge in [0.2, 0.25) is 0 Å². The van der Waals surface area contributed by atoms with Crippen LogP contribution in [-0.4, -0.2) is 49.2 Å². The highest BCUT2D eigenvalue weighted by atomic mass is 16.5. The van der Waals surface area contributed by atoms with Gasteiger partial charge in [-0.3, -0.25) is 9.78 Å². The maximum Gasteiger partial charge on any atom is 0.165 e. The van der Waals surface area contributed by atoms with Crippen LogP contribution in [0.4, 0.5) is 0 Å². The molecule has 1 N–H and O–H groups in total. The van der Waals surface area contributed by atoms with E-state index in [-0.39, 0.29) is 5.78 Å². The molecule has 2 heterocycles. The van der Waals surface area contributed by atoms with Gasteiger partial charge < -0.3 is 23.9 Å². The molecule has 8 nitrogen and oxygen atoms in total. The van der Waals surface area contributed by atoms with Gasteiger partial charge in [-0.25, -0.2) is 4.98 Å². The number of unbranched alkanes of at least 4 members (excludes halogenated alkanes) is 1. The Hall–Kier alpha value is -4.07. The third kappa shape index (κ3) is 4.84. The quantitative estimate of drug-likeness (QED) is 0.273. The first-order valence-corrected chi connectivity index (χ1v) is 11.9. The van der Waals surface area contributed by atoms with E-state index in [4.69, 9.17) is 23.9 Å². The Morgan fingerprint density at radius 1 is 0.917 bits per heavy atom. The van der Waals surface area contributed by atoms with Crippen LogP contribution in [-0.2, 0) is 6.42 Å². The number of aromatic amines is 1. The fourth-order valence-corrected chi connectivity index (χ4v) is 4.38. The van der Waals surface area contributed by atoms with Crippen LogP contribution in [0.3, 0.4) is 0 Å². The summed E-state index contributed by atoms with van der Waals surface area (Å²) >= 11 is 0. The maximum atomic E-state index is 13.8. The summed E-state index contributed by atoms with van der Waals surface area (Å²) in [5, 5.41) is 0.780. The van der Waals surface area contributed by atoms with Crippen molar-refractivity contribution in [3.05, 3.63) is 59.8 Å². The van der Waals surface area contributed by atoms with Gasteiger partial charge in [0.1, 0.15) is 5.82 Å². The van der Waals surface area contributed by atoms with Gasteiger partial charge in [-0.1, -0.05) is 19.4 Å². The first-order valence-electron chi connectivity index (χ1n) is 11.9. The van der Waals surface area contributed by atoms with Crippen molar-refractivity contribution >= 4 is 16.7 Å². The SMILES string of the molecule is CCCCC(=O)c1c(Cc2ncc[nH]2)nc2cc(OC)c(OC)cc2c1-c1ccc(OC)c(OC)c1. The number of nitrogens with zero attached hydrogens (tertiary/aromatic N) is 2. The predicted molar refractivity (Wildman–Crippen MR) is 139 cm³/mol. The van der Waals surface area contributed by atoms with Crippen molar-refractivity contribution in [2.45, 2.75) is 32.6 Å². The highest BCUT2D eigenvalue weighted by Gasteiger charge is 2.25. The van der Waals surface area contributed by atoms with E-state index in [0.29, 0.717) is 52.6 Å². The standard InChI is InChI=1S/C28H31N3O5/c1-6-7-8-21(32)28-20(16-26-29-11-12-30-26)31-19-15-25(36-5)24(35-4)14-18(19)27(28)17-9-10-22(33-2)23(13-17)34-3/h9-15H,6-8,16H2,1-5H3,(H,29,30). The number of nitrogens with one attached hydrogen (secondary N) is 1. The minimum Gasteiger partial charge on any atom is -0.493 e. The number of methoxy groups -OCH3 is 4. The average molecular weight is 490 g/mol. The lowest BCUT2D eigenvalue weighted by Gasteiger charge is -2.19. The largest absolute Gasteiger partial charge is 0.493 e. The van der Waals surface area contributed by atoms with Crippen molar-refractivity contribution in [2.24, 2.45) is 0 Å². The van der Waals surface area contributed by atoms with Crippen LogP contribution >= 0.6 is 0 Å². The van der Waals surface area contributed by atoms with E-state index in [9.17, 15) is 4.79 Å². The smallest absolute Gasteiger partial charge is 0.165 e. The van der Waals surface area contributed by atoms with Crippen molar-refractivity contribution in [2.75, 3.05) is 28.4 Å². The van der Waals surface area contributed by atoms with Crippen molar-refractivity contribution in [3.63, 3.8) is 0 Å². The van der Waals surface area contributed by atoms with E-state index >= 15 is 0 Å². The van der Waals surface area contributed by atoms with Gasteiger partial charge >= 0.3 is 0 Å². The molecule has 0 aliphatic heterocycles. The zero-order chi connectivity index (χ0) is 25.7. The van der Waals surface area contributed by atoms with Gasteiger partial charge in [-0.15, -0.1) is 0 Å². The molecule has 0 unspecified atom stereocenters. The van der Waals surface area contributed by atoms with Crippen LogP contribution in [0.5, 0.6) is 23.0 Å². The summed E-state index contributed by atoms with van der Waals surface area (Å²) in [4.78, 5) is 26.2. The molecule has 0 atom stereocenters. The normalized spacial score (nSPS) is 10.9. The summed E-state index contributed by atoms with van der Waals surface area (Å²) in [7, 11) is 6.37. The van der Waals surface area contributed by atoms with Crippen LogP contribution in [0.1, 0.15) is 48.1 Å². The number of hydrogen-bond acceptors (Lipinski definition) is 7. The zero-order valence-corrected chi connectivity index (χ0v) is 21.3. The van der Waals surface area contributed by atoms with E-state index < -0.39 is 0 Å². The minimum absolute atomic E-state index is 0.0346. The number of benzene rings is 2. The van der Waals surface area contributed by atoms with Crippen molar-refractivity contribution in [1.29, 1.82) is 0 Å². The Morgan fingerprint density at radius 3 is 2.25 bits per heavy atom. The van der Waals surface area contributed by atoms with E-state index in [1.807, 2.05) is 30.3 Å². The number of fused-ring (bicyclic) bond motifs is 1. The van der Waals surface area contributed by atoms with Crippen molar-refractivity contribution < 1.29 is 23.7 Å². The molecule has 0 radical (unpaired) electrons. The molecule has 0 saturated heterocycles. The number of imidazole rings is 1. The van der Waals surface area contributed by atoms with E-state index in [1.165, 1.54) is 0 Å². The Bertz CT molecular complexity index is 1370. The van der Waals surface area contributed by atoms with Crippen molar-refractivity contribution in [1.82, 2.24) is 15.0 Å². The molecule has 36 heavy (non-hydrogen) atoms. The molecule has 0 saturated carbocycles. The molecule has 0 aliphatic carbocycles. The van der Waals surface area contributed by atoms with Gasteiger partial charge in [0.05, 0.1) is 39.6 Å². The van der Waals surface area contributed by atoms with Crippen molar-refractivity contribution in [3.8, 4) is 34.1 Å². The molecule has 0 amide bonds. The van der Waals surface area contributed by atoms with Gasteiger partial charge in [-0.2, -0.15) is 0 Å². The summed E-state index contributed by atoms with van der Waals surface area (Å²) in [6.45, 7) is 2.07. The summed E-state index contributed by atoms with van der Waals surface area (Å²) < 4.78 is 22.2. The first kappa shape index (κ1) is 25.0. The van der Waals surface area contributed by atoms with Crippen LogP contribution in [0.25, 0.3) is 22.0 Å². The Kier molecular flexibility index (Phi) is 7.73. The molecule has 4 rings (SSSR count). The molecule has 8 heteroatoms. The van der Waals surface area contributed by atoms with Gasteiger partial charge in [0, 0.05) is 47.8 Å². The fourth-order valence-electron chi connectivity index (χ4n) is 4.38. The molecule has 188 valence electrons. The summed E-state index contributed by atoms with van der Waals surface area (Å²) in [5.41, 5.74) is 3.49. The number of H-pyrrole nitrogens is 1. The molecular formula is C28H31N3O5. The number of pyridine rings is 1. The minimum atomic E-state index is 0.0346. The molecule has 2 aromatic heterocycles. The van der Waals surface area contributed by atoms with Gasteiger partial charge in [0.25, 0.3) is 0 Å². The number of carbonyl (C=O) groups is 1. The number of ether oxygens (including phenoxy) is 4. The first-order chi connectivity index (χ1) is 17.5. The number of rotatable bonds is 11. The van der Waals surface area contributed by atoms with Crippen LogP contribution in [0, 0.1) is 0 Å². The maximum absolute atomic E-state index is 13.8. The van der Waals surface area contributed by atoms with Crippen LogP contribution < -0.4 is 18.9 Å². The van der Waals surface area contributed by atoms with Gasteiger partial charge in [0.15, 0.2) is 28.8 Å². The average Bonchev–Trinajstić information content (AvgIpc) is 3.42. The van der Waals surface area contributed by atoms with E-state index in [1.54, 1.807) is 40.8 Å². The predicted octanol–water partition coefficient (Wildman–Crippen LogP) is 5.62. The monoisotopic (exact) mass is 489 g/mol. The highest BCUT2D eigenvalue weighted by Crippen LogP contribution is 2.42. The van der Waals surface area contributed by atoms with Crippen LogP contribution in [0.2, 0.25) is 0 Å². The van der Waals surface area contributed by atoms with E-state index in [0.717, 1.165) is 35.2 Å². The van der Waals surface area contributed by atoms with E-state index in [2.05, 4.69) is 16.9 Å². The lowest BCUT2D eigenvalue weighted by atomic mass is 9.89. The topological polar surface area (TPSA) is 95.6 Å². The Balaban J connectivity index is 2.09. The summed E-state index contributed by atoms with van der Waals surface area (Å²) in [6, 6.07) is 9.37. The molecule has 0 bridgehead atoms. The lowest BCUT2D eigenvalue weighted by Crippen LogP contribution is -2.11. The molecule has 2 aromatic carbocycles. The number of carbonyl (C=O) groups excluding carboxylic acids is 1. The zero-order valence-electron chi connectivity index (χ0n) is 21.3. The second-order valence-electron chi connectivity index (χ2n) is 8.34. The summed E-state index contributed by atoms with van der Waals surface area (Å²) in [5.74, 6) is 3.05. The molecule has 0 spiro atoms. The number of hydrogen-bond donors (Lipinski definition) is 1. The Morgan fingerprint density at radius 2 is 1.61 bits per heavy atom.